The van der Waals surface area contributed by atoms with Gasteiger partial charge in [0.05, 0.1) is 22.7 Å². The number of thioether (sulfide) groups is 1. The van der Waals surface area contributed by atoms with Crippen LogP contribution in [0.1, 0.15) is 18.4 Å². The first-order valence-corrected chi connectivity index (χ1v) is 8.04. The number of rotatable bonds is 2. The quantitative estimate of drug-likeness (QED) is 0.857. The van der Waals surface area contributed by atoms with Crippen LogP contribution in [-0.2, 0) is 6.54 Å². The molecule has 98 valence electrons. The van der Waals surface area contributed by atoms with Gasteiger partial charge in [-0.25, -0.2) is 0 Å². The molecule has 19 heavy (non-hydrogen) atoms. The highest BCUT2D eigenvalue weighted by molar-refractivity contribution is 7.99. The molecule has 0 bridgehead atoms. The second kappa shape index (κ2) is 5.40. The molecule has 3 rings (SSSR count). The highest BCUT2D eigenvalue weighted by atomic mass is 32.2. The van der Waals surface area contributed by atoms with Crippen LogP contribution in [0.2, 0.25) is 0 Å². The van der Waals surface area contributed by atoms with Crippen LogP contribution in [0.25, 0.3) is 11.0 Å². The van der Waals surface area contributed by atoms with Gasteiger partial charge in [-0.15, -0.1) is 0 Å². The maximum absolute atomic E-state index is 9.02. The predicted molar refractivity (Wildman–Crippen MR) is 81.9 cm³/mol. The van der Waals surface area contributed by atoms with Crippen LogP contribution in [0, 0.1) is 22.0 Å². The summed E-state index contributed by atoms with van der Waals surface area (Å²) in [7, 11) is 0. The lowest BCUT2D eigenvalue weighted by molar-refractivity contribution is 0.420. The molecule has 1 fully saturated rings. The average molecular weight is 289 g/mol. The predicted octanol–water partition coefficient (Wildman–Crippen LogP) is 3.71. The van der Waals surface area contributed by atoms with E-state index in [1.54, 1.807) is 0 Å². The Morgan fingerprint density at radius 1 is 1.42 bits per heavy atom. The van der Waals surface area contributed by atoms with E-state index < -0.39 is 0 Å². The lowest BCUT2D eigenvalue weighted by atomic mass is 10.0. The van der Waals surface area contributed by atoms with Gasteiger partial charge in [-0.2, -0.15) is 17.0 Å². The average Bonchev–Trinajstić information content (AvgIpc) is 2.76. The van der Waals surface area contributed by atoms with E-state index in [0.29, 0.717) is 11.5 Å². The lowest BCUT2D eigenvalue weighted by Crippen LogP contribution is -2.16. The summed E-state index contributed by atoms with van der Waals surface area (Å²) in [6, 6.07) is 7.89. The van der Waals surface area contributed by atoms with Gasteiger partial charge in [0.2, 0.25) is 0 Å². The van der Waals surface area contributed by atoms with E-state index in [1.807, 2.05) is 30.0 Å². The zero-order valence-corrected chi connectivity index (χ0v) is 12.2. The SMILES string of the molecule is N#Cc1ccc2[nH]c(=S)n(CC3CCSCC3)c2c1. The fourth-order valence-electron chi connectivity index (χ4n) is 2.59. The van der Waals surface area contributed by atoms with Crippen molar-refractivity contribution in [2.24, 2.45) is 5.92 Å². The minimum atomic E-state index is 0.689. The van der Waals surface area contributed by atoms with Gasteiger partial charge in [-0.05, 0) is 60.7 Å². The molecule has 2 aromatic rings. The van der Waals surface area contributed by atoms with Crippen LogP contribution in [-0.4, -0.2) is 21.1 Å². The summed E-state index contributed by atoms with van der Waals surface area (Å²) < 4.78 is 2.93. The molecule has 1 aliphatic rings. The summed E-state index contributed by atoms with van der Waals surface area (Å²) in [5, 5.41) is 9.02. The number of hydrogen-bond donors (Lipinski definition) is 1. The largest absolute Gasteiger partial charge is 0.331 e. The standard InChI is InChI=1S/C14H15N3S2/c15-8-11-1-2-12-13(7-11)17(14(18)16-12)9-10-3-5-19-6-4-10/h1-2,7,10H,3-6,9H2,(H,16,18). The summed E-state index contributed by atoms with van der Waals surface area (Å²) >= 11 is 7.46. The normalized spacial score (nSPS) is 16.6. The third kappa shape index (κ3) is 2.56. The van der Waals surface area contributed by atoms with Crippen molar-refractivity contribution < 1.29 is 0 Å². The van der Waals surface area contributed by atoms with Gasteiger partial charge < -0.3 is 9.55 Å². The number of nitriles is 1. The van der Waals surface area contributed by atoms with E-state index in [0.717, 1.165) is 22.3 Å². The Morgan fingerprint density at radius 3 is 2.95 bits per heavy atom. The Morgan fingerprint density at radius 2 is 2.21 bits per heavy atom. The van der Waals surface area contributed by atoms with Gasteiger partial charge in [0.25, 0.3) is 0 Å². The maximum atomic E-state index is 9.02. The Bertz CT molecular complexity index is 687. The van der Waals surface area contributed by atoms with Crippen molar-refractivity contribution in [2.75, 3.05) is 11.5 Å². The van der Waals surface area contributed by atoms with E-state index >= 15 is 0 Å². The molecule has 3 nitrogen and oxygen atoms in total. The van der Waals surface area contributed by atoms with E-state index in [1.165, 1.54) is 24.3 Å². The van der Waals surface area contributed by atoms with Crippen molar-refractivity contribution in [3.05, 3.63) is 28.5 Å². The monoisotopic (exact) mass is 289 g/mol. The molecule has 1 aliphatic heterocycles. The van der Waals surface area contributed by atoms with Crippen LogP contribution >= 0.6 is 24.0 Å². The number of H-pyrrole nitrogens is 1. The zero-order valence-electron chi connectivity index (χ0n) is 10.6. The van der Waals surface area contributed by atoms with E-state index in [4.69, 9.17) is 17.5 Å². The van der Waals surface area contributed by atoms with Crippen molar-refractivity contribution in [1.29, 1.82) is 5.26 Å². The van der Waals surface area contributed by atoms with Crippen LogP contribution in [0.4, 0.5) is 0 Å². The zero-order chi connectivity index (χ0) is 13.2. The second-order valence-electron chi connectivity index (χ2n) is 4.94. The minimum absolute atomic E-state index is 0.689. The second-order valence-corrected chi connectivity index (χ2v) is 6.55. The number of hydrogen-bond acceptors (Lipinski definition) is 3. The minimum Gasteiger partial charge on any atom is -0.331 e. The molecular formula is C14H15N3S2. The summed E-state index contributed by atoms with van der Waals surface area (Å²) in [5.74, 6) is 3.21. The van der Waals surface area contributed by atoms with Crippen LogP contribution in [0.15, 0.2) is 18.2 Å². The van der Waals surface area contributed by atoms with Gasteiger partial charge >= 0.3 is 0 Å². The molecule has 1 N–H and O–H groups in total. The molecule has 2 heterocycles. The first-order chi connectivity index (χ1) is 9.28. The Labute approximate surface area is 121 Å². The van der Waals surface area contributed by atoms with Crippen molar-refractivity contribution in [2.45, 2.75) is 19.4 Å². The van der Waals surface area contributed by atoms with Crippen molar-refractivity contribution in [1.82, 2.24) is 9.55 Å². The first kappa shape index (κ1) is 12.8. The van der Waals surface area contributed by atoms with Gasteiger partial charge in [0, 0.05) is 6.54 Å². The highest BCUT2D eigenvalue weighted by Crippen LogP contribution is 2.26. The van der Waals surface area contributed by atoms with Gasteiger partial charge in [0.1, 0.15) is 0 Å². The number of fused-ring (bicyclic) bond motifs is 1. The third-order valence-corrected chi connectivity index (χ3v) is 5.06. The Hall–Kier alpha value is -1.25. The third-order valence-electron chi connectivity index (χ3n) is 3.69. The van der Waals surface area contributed by atoms with Gasteiger partial charge in [-0.3, -0.25) is 0 Å². The molecule has 0 radical (unpaired) electrons. The molecule has 1 aromatic carbocycles. The molecule has 0 saturated carbocycles. The molecule has 1 saturated heterocycles. The molecule has 0 amide bonds. The van der Waals surface area contributed by atoms with Crippen LogP contribution in [0.5, 0.6) is 0 Å². The van der Waals surface area contributed by atoms with Crippen molar-refractivity contribution >= 4 is 35.0 Å². The number of benzene rings is 1. The highest BCUT2D eigenvalue weighted by Gasteiger charge is 2.16. The fourth-order valence-corrected chi connectivity index (χ4v) is 4.08. The first-order valence-electron chi connectivity index (χ1n) is 6.48. The number of nitrogens with one attached hydrogen (secondary N) is 1. The van der Waals surface area contributed by atoms with Crippen molar-refractivity contribution in [3.63, 3.8) is 0 Å². The number of nitrogens with zero attached hydrogens (tertiary/aromatic N) is 2. The maximum Gasteiger partial charge on any atom is 0.178 e. The molecule has 0 unspecified atom stereocenters. The van der Waals surface area contributed by atoms with E-state index in [9.17, 15) is 0 Å². The molecular weight excluding hydrogens is 274 g/mol. The van der Waals surface area contributed by atoms with E-state index in [-0.39, 0.29) is 0 Å². The van der Waals surface area contributed by atoms with E-state index in [2.05, 4.69) is 15.6 Å². The van der Waals surface area contributed by atoms with Crippen LogP contribution in [0.3, 0.4) is 0 Å². The summed E-state index contributed by atoms with van der Waals surface area (Å²) in [4.78, 5) is 3.23. The topological polar surface area (TPSA) is 44.5 Å². The Balaban J connectivity index is 1.99. The summed E-state index contributed by atoms with van der Waals surface area (Å²) in [6.45, 7) is 0.967. The summed E-state index contributed by atoms with van der Waals surface area (Å²) in [5.41, 5.74) is 2.77. The number of aromatic amines is 1. The molecule has 0 spiro atoms. The molecule has 5 heteroatoms. The number of imidazole rings is 1. The van der Waals surface area contributed by atoms with Gasteiger partial charge in [0.15, 0.2) is 4.77 Å². The summed E-state index contributed by atoms with van der Waals surface area (Å²) in [6.07, 6.45) is 2.52. The molecule has 1 aromatic heterocycles. The van der Waals surface area contributed by atoms with Gasteiger partial charge in [-0.1, -0.05) is 0 Å². The lowest BCUT2D eigenvalue weighted by Gasteiger charge is -2.21. The molecule has 0 aliphatic carbocycles. The van der Waals surface area contributed by atoms with Crippen molar-refractivity contribution in [3.8, 4) is 6.07 Å². The number of aromatic nitrogens is 2. The Kier molecular flexibility index (Phi) is 3.63. The fraction of sp³-hybridized carbons (Fsp3) is 0.429. The van der Waals surface area contributed by atoms with Crippen LogP contribution < -0.4 is 0 Å². The molecule has 0 atom stereocenters. The smallest absolute Gasteiger partial charge is 0.178 e.